The van der Waals surface area contributed by atoms with Crippen molar-refractivity contribution in [1.82, 2.24) is 9.88 Å². The fourth-order valence-corrected chi connectivity index (χ4v) is 4.51. The van der Waals surface area contributed by atoms with E-state index in [1.165, 1.54) is 5.56 Å². The van der Waals surface area contributed by atoms with E-state index in [-0.39, 0.29) is 17.1 Å². The summed E-state index contributed by atoms with van der Waals surface area (Å²) in [5.41, 5.74) is 2.67. The minimum absolute atomic E-state index is 0.161. The van der Waals surface area contributed by atoms with Gasteiger partial charge in [-0.15, -0.1) is 0 Å². The van der Waals surface area contributed by atoms with Gasteiger partial charge >= 0.3 is 0 Å². The molecule has 4 rings (SSSR count). The molecule has 3 heterocycles. The minimum atomic E-state index is -0.356. The molecule has 140 valence electrons. The third-order valence-electron chi connectivity index (χ3n) is 5.53. The molecule has 1 N–H and O–H groups in total. The number of carbonyl (C=O) groups excluding carboxylic acids is 1. The van der Waals surface area contributed by atoms with Gasteiger partial charge in [0.05, 0.1) is 25.2 Å². The summed E-state index contributed by atoms with van der Waals surface area (Å²) in [5.74, 6) is 0.161. The first-order valence-corrected chi connectivity index (χ1v) is 9.49. The monoisotopic (exact) mass is 356 g/mol. The SMILES string of the molecule is Cc1cccc2c(CC(=O)N3CC(C)(C)OC4(CCCOC4)C3)c[nH]c12. The third kappa shape index (κ3) is 3.26. The number of morpholine rings is 1. The van der Waals surface area contributed by atoms with Crippen molar-refractivity contribution in [3.8, 4) is 0 Å². The number of ether oxygens (including phenoxy) is 2. The molecule has 2 saturated heterocycles. The third-order valence-corrected chi connectivity index (χ3v) is 5.53. The van der Waals surface area contributed by atoms with E-state index in [1.807, 2.05) is 17.2 Å². The van der Waals surface area contributed by atoms with Crippen LogP contribution in [0.25, 0.3) is 10.9 Å². The Bertz CT molecular complexity index is 818. The van der Waals surface area contributed by atoms with Gasteiger partial charge in [-0.25, -0.2) is 0 Å². The van der Waals surface area contributed by atoms with E-state index in [0.717, 1.165) is 35.9 Å². The molecule has 0 bridgehead atoms. The van der Waals surface area contributed by atoms with Crippen LogP contribution in [0.1, 0.15) is 37.8 Å². The Labute approximate surface area is 154 Å². The molecule has 5 heteroatoms. The van der Waals surface area contributed by atoms with Crippen molar-refractivity contribution in [2.24, 2.45) is 0 Å². The smallest absolute Gasteiger partial charge is 0.227 e. The number of nitrogens with zero attached hydrogens (tertiary/aromatic N) is 1. The van der Waals surface area contributed by atoms with Crippen LogP contribution in [0.5, 0.6) is 0 Å². The van der Waals surface area contributed by atoms with Crippen LogP contribution in [0.3, 0.4) is 0 Å². The summed E-state index contributed by atoms with van der Waals surface area (Å²) in [6.45, 7) is 8.82. The van der Waals surface area contributed by atoms with Crippen LogP contribution < -0.4 is 0 Å². The molecule has 2 fully saturated rings. The molecular formula is C21H28N2O3. The lowest BCUT2D eigenvalue weighted by Gasteiger charge is -2.51. The van der Waals surface area contributed by atoms with Crippen LogP contribution in [-0.4, -0.2) is 53.3 Å². The average Bonchev–Trinajstić information content (AvgIpc) is 2.98. The van der Waals surface area contributed by atoms with E-state index in [9.17, 15) is 4.79 Å². The molecule has 0 aliphatic carbocycles. The van der Waals surface area contributed by atoms with Crippen LogP contribution in [-0.2, 0) is 20.7 Å². The number of aromatic nitrogens is 1. The van der Waals surface area contributed by atoms with Gasteiger partial charge in [-0.2, -0.15) is 0 Å². The van der Waals surface area contributed by atoms with Crippen LogP contribution in [0.15, 0.2) is 24.4 Å². The second-order valence-electron chi connectivity index (χ2n) is 8.44. The normalized spacial score (nSPS) is 25.7. The zero-order chi connectivity index (χ0) is 18.4. The number of hydrogen-bond acceptors (Lipinski definition) is 3. The van der Waals surface area contributed by atoms with Crippen molar-refractivity contribution in [2.45, 2.75) is 51.2 Å². The summed E-state index contributed by atoms with van der Waals surface area (Å²) in [6.07, 6.45) is 4.32. The lowest BCUT2D eigenvalue weighted by atomic mass is 9.90. The van der Waals surface area contributed by atoms with Crippen LogP contribution in [0.4, 0.5) is 0 Å². The Hall–Kier alpha value is -1.85. The van der Waals surface area contributed by atoms with Crippen LogP contribution in [0.2, 0.25) is 0 Å². The second-order valence-corrected chi connectivity index (χ2v) is 8.44. The van der Waals surface area contributed by atoms with Crippen molar-refractivity contribution in [2.75, 3.05) is 26.3 Å². The highest BCUT2D eigenvalue weighted by Crippen LogP contribution is 2.35. The standard InChI is InChI=1S/C21H28N2O3/c1-15-6-4-7-17-16(11-22-19(15)17)10-18(24)23-12-20(2,3)26-21(13-23)8-5-9-25-14-21/h4,6-7,11,22H,5,8-10,12-14H2,1-3H3. The van der Waals surface area contributed by atoms with Gasteiger partial charge in [0.15, 0.2) is 0 Å². The van der Waals surface area contributed by atoms with Gasteiger partial charge in [-0.3, -0.25) is 4.79 Å². The molecule has 1 aromatic carbocycles. The molecule has 1 unspecified atom stereocenters. The number of hydrogen-bond donors (Lipinski definition) is 1. The zero-order valence-corrected chi connectivity index (χ0v) is 15.9. The second kappa shape index (κ2) is 6.39. The number of H-pyrrole nitrogens is 1. The van der Waals surface area contributed by atoms with Gasteiger partial charge in [0.2, 0.25) is 5.91 Å². The fourth-order valence-electron chi connectivity index (χ4n) is 4.51. The summed E-state index contributed by atoms with van der Waals surface area (Å²) < 4.78 is 12.1. The molecule has 1 spiro atoms. The summed E-state index contributed by atoms with van der Waals surface area (Å²) in [5, 5.41) is 1.14. The van der Waals surface area contributed by atoms with Crippen molar-refractivity contribution in [3.05, 3.63) is 35.5 Å². The Kier molecular flexibility index (Phi) is 4.32. The van der Waals surface area contributed by atoms with Gasteiger partial charge in [0.25, 0.3) is 0 Å². The number of nitrogens with one attached hydrogen (secondary N) is 1. The lowest BCUT2D eigenvalue weighted by Crippen LogP contribution is -2.63. The van der Waals surface area contributed by atoms with Gasteiger partial charge in [0, 0.05) is 30.3 Å². The summed E-state index contributed by atoms with van der Waals surface area (Å²) in [6, 6.07) is 6.22. The average molecular weight is 356 g/mol. The molecule has 2 aliphatic rings. The Balaban J connectivity index is 1.55. The lowest BCUT2D eigenvalue weighted by molar-refractivity contribution is -0.232. The first kappa shape index (κ1) is 17.6. The van der Waals surface area contributed by atoms with E-state index in [4.69, 9.17) is 9.47 Å². The number of amides is 1. The number of aromatic amines is 1. The Morgan fingerprint density at radius 2 is 2.15 bits per heavy atom. The molecule has 1 atom stereocenters. The number of carbonyl (C=O) groups is 1. The molecule has 2 aliphatic heterocycles. The topological polar surface area (TPSA) is 54.6 Å². The number of rotatable bonds is 2. The predicted molar refractivity (Wildman–Crippen MR) is 101 cm³/mol. The van der Waals surface area contributed by atoms with E-state index in [0.29, 0.717) is 26.1 Å². The van der Waals surface area contributed by atoms with Crippen LogP contribution >= 0.6 is 0 Å². The molecule has 5 nitrogen and oxygen atoms in total. The fraction of sp³-hybridized carbons (Fsp3) is 0.571. The highest BCUT2D eigenvalue weighted by atomic mass is 16.6. The first-order valence-electron chi connectivity index (χ1n) is 9.49. The largest absolute Gasteiger partial charge is 0.378 e. The van der Waals surface area contributed by atoms with Crippen molar-refractivity contribution >= 4 is 16.8 Å². The number of fused-ring (bicyclic) bond motifs is 1. The van der Waals surface area contributed by atoms with Gasteiger partial charge < -0.3 is 19.4 Å². The van der Waals surface area contributed by atoms with Gasteiger partial charge in [-0.1, -0.05) is 18.2 Å². The molecule has 2 aromatic rings. The maximum atomic E-state index is 13.1. The van der Waals surface area contributed by atoms with E-state index in [2.05, 4.69) is 37.9 Å². The predicted octanol–water partition coefficient (Wildman–Crippen LogP) is 3.21. The molecule has 1 amide bonds. The quantitative estimate of drug-likeness (QED) is 0.899. The Morgan fingerprint density at radius 1 is 1.31 bits per heavy atom. The van der Waals surface area contributed by atoms with E-state index >= 15 is 0 Å². The maximum Gasteiger partial charge on any atom is 0.227 e. The highest BCUT2D eigenvalue weighted by Gasteiger charge is 2.46. The molecule has 26 heavy (non-hydrogen) atoms. The van der Waals surface area contributed by atoms with Crippen molar-refractivity contribution < 1.29 is 14.3 Å². The number of para-hydroxylation sites is 1. The molecular weight excluding hydrogens is 328 g/mol. The number of aryl methyl sites for hydroxylation is 1. The van der Waals surface area contributed by atoms with Gasteiger partial charge in [-0.05, 0) is 44.7 Å². The molecule has 1 aromatic heterocycles. The minimum Gasteiger partial charge on any atom is -0.378 e. The maximum absolute atomic E-state index is 13.1. The Morgan fingerprint density at radius 3 is 2.92 bits per heavy atom. The molecule has 0 saturated carbocycles. The summed E-state index contributed by atoms with van der Waals surface area (Å²) in [4.78, 5) is 18.4. The zero-order valence-electron chi connectivity index (χ0n) is 15.9. The van der Waals surface area contributed by atoms with E-state index in [1.54, 1.807) is 0 Å². The number of benzene rings is 1. The van der Waals surface area contributed by atoms with Crippen molar-refractivity contribution in [3.63, 3.8) is 0 Å². The summed E-state index contributed by atoms with van der Waals surface area (Å²) >= 11 is 0. The van der Waals surface area contributed by atoms with Gasteiger partial charge in [0.1, 0.15) is 5.60 Å². The summed E-state index contributed by atoms with van der Waals surface area (Å²) in [7, 11) is 0. The highest BCUT2D eigenvalue weighted by molar-refractivity contribution is 5.90. The first-order chi connectivity index (χ1) is 12.4. The van der Waals surface area contributed by atoms with Crippen molar-refractivity contribution in [1.29, 1.82) is 0 Å². The van der Waals surface area contributed by atoms with E-state index < -0.39 is 0 Å². The molecule has 0 radical (unpaired) electrons. The van der Waals surface area contributed by atoms with Crippen LogP contribution in [0, 0.1) is 6.92 Å².